The third-order valence-corrected chi connectivity index (χ3v) is 7.14. The maximum atomic E-state index is 12.8. The fraction of sp³-hybridized carbons (Fsp3) is 0.316. The molecule has 27 heavy (non-hydrogen) atoms. The molecule has 0 bridgehead atoms. The van der Waals surface area contributed by atoms with E-state index in [9.17, 15) is 13.2 Å². The Morgan fingerprint density at radius 2 is 1.63 bits per heavy atom. The van der Waals surface area contributed by atoms with Crippen molar-refractivity contribution in [3.8, 4) is 0 Å². The Morgan fingerprint density at radius 1 is 1.00 bits per heavy atom. The summed E-state index contributed by atoms with van der Waals surface area (Å²) in [6.07, 6.45) is 0. The molecule has 2 aromatic carbocycles. The topological polar surface area (TPSA) is 57.7 Å². The Morgan fingerprint density at radius 3 is 2.19 bits per heavy atom. The lowest BCUT2D eigenvalue weighted by atomic mass is 10.2. The van der Waals surface area contributed by atoms with Crippen LogP contribution in [0, 0.1) is 0 Å². The van der Waals surface area contributed by atoms with Gasteiger partial charge in [0.05, 0.1) is 4.90 Å². The Hall–Kier alpha value is -1.44. The van der Waals surface area contributed by atoms with Crippen molar-refractivity contribution < 1.29 is 13.2 Å². The molecule has 0 aromatic heterocycles. The standard InChI is InChI=1S/C19H20Cl2N2O3S/c1-14(24)15-3-6-18(7-4-15)27(25,26)23-10-8-22(9-11-23)13-16-2-5-17(20)12-19(16)21/h2-7,12H,8-11,13H2,1H3. The zero-order valence-corrected chi connectivity index (χ0v) is 17.2. The lowest BCUT2D eigenvalue weighted by Gasteiger charge is -2.34. The van der Waals surface area contributed by atoms with E-state index in [1.807, 2.05) is 6.07 Å². The summed E-state index contributed by atoms with van der Waals surface area (Å²) >= 11 is 12.1. The third kappa shape index (κ3) is 4.70. The highest BCUT2D eigenvalue weighted by atomic mass is 35.5. The number of carbonyl (C=O) groups excluding carboxylic acids is 1. The van der Waals surface area contributed by atoms with Crippen LogP contribution >= 0.6 is 23.2 Å². The van der Waals surface area contributed by atoms with Crippen LogP contribution in [0.5, 0.6) is 0 Å². The first-order valence-corrected chi connectivity index (χ1v) is 10.7. The second kappa shape index (κ2) is 8.29. The molecule has 1 saturated heterocycles. The summed E-state index contributed by atoms with van der Waals surface area (Å²) in [5, 5.41) is 1.21. The number of ketones is 1. The second-order valence-corrected chi connectivity index (χ2v) is 9.28. The lowest BCUT2D eigenvalue weighted by molar-refractivity contribution is 0.101. The predicted octanol–water partition coefficient (Wildman–Crippen LogP) is 3.70. The summed E-state index contributed by atoms with van der Waals surface area (Å²) in [6, 6.07) is 11.5. The number of hydrogen-bond donors (Lipinski definition) is 0. The average Bonchev–Trinajstić information content (AvgIpc) is 2.64. The minimum atomic E-state index is -3.56. The van der Waals surface area contributed by atoms with Crippen molar-refractivity contribution in [3.63, 3.8) is 0 Å². The summed E-state index contributed by atoms with van der Waals surface area (Å²) in [5.74, 6) is -0.0894. The number of carbonyl (C=O) groups is 1. The molecule has 144 valence electrons. The Labute approximate surface area is 169 Å². The van der Waals surface area contributed by atoms with Crippen molar-refractivity contribution in [2.24, 2.45) is 0 Å². The smallest absolute Gasteiger partial charge is 0.243 e. The van der Waals surface area contributed by atoms with Gasteiger partial charge in [-0.05, 0) is 36.8 Å². The van der Waals surface area contributed by atoms with E-state index in [-0.39, 0.29) is 10.7 Å². The lowest BCUT2D eigenvalue weighted by Crippen LogP contribution is -2.48. The van der Waals surface area contributed by atoms with Gasteiger partial charge in [0, 0.05) is 48.3 Å². The number of hydrogen-bond acceptors (Lipinski definition) is 4. The van der Waals surface area contributed by atoms with Gasteiger partial charge < -0.3 is 0 Å². The van der Waals surface area contributed by atoms with Gasteiger partial charge in [0.2, 0.25) is 10.0 Å². The second-order valence-electron chi connectivity index (χ2n) is 6.50. The molecular weight excluding hydrogens is 407 g/mol. The molecule has 2 aromatic rings. The molecule has 5 nitrogen and oxygen atoms in total. The minimum Gasteiger partial charge on any atom is -0.296 e. The average molecular weight is 427 g/mol. The van der Waals surface area contributed by atoms with Crippen molar-refractivity contribution in [2.45, 2.75) is 18.4 Å². The number of sulfonamides is 1. The molecule has 0 aliphatic carbocycles. The summed E-state index contributed by atoms with van der Waals surface area (Å²) < 4.78 is 27.1. The first-order chi connectivity index (χ1) is 12.8. The fourth-order valence-corrected chi connectivity index (χ4v) is 4.92. The number of nitrogens with zero attached hydrogens (tertiary/aromatic N) is 2. The van der Waals surface area contributed by atoms with Gasteiger partial charge in [-0.2, -0.15) is 4.31 Å². The van der Waals surface area contributed by atoms with E-state index in [0.29, 0.717) is 48.3 Å². The van der Waals surface area contributed by atoms with Crippen LogP contribution < -0.4 is 0 Å². The van der Waals surface area contributed by atoms with Crippen LogP contribution in [-0.4, -0.2) is 49.6 Å². The van der Waals surface area contributed by atoms with Gasteiger partial charge in [0.25, 0.3) is 0 Å². The van der Waals surface area contributed by atoms with E-state index in [0.717, 1.165) is 5.56 Å². The van der Waals surface area contributed by atoms with Gasteiger partial charge in [0.15, 0.2) is 5.78 Å². The van der Waals surface area contributed by atoms with Gasteiger partial charge in [-0.1, -0.05) is 41.4 Å². The van der Waals surface area contributed by atoms with Crippen molar-refractivity contribution in [1.82, 2.24) is 9.21 Å². The highest BCUT2D eigenvalue weighted by molar-refractivity contribution is 7.89. The molecule has 0 N–H and O–H groups in total. The Bertz CT molecular complexity index is 938. The van der Waals surface area contributed by atoms with Crippen LogP contribution in [0.15, 0.2) is 47.4 Å². The first-order valence-electron chi connectivity index (χ1n) is 8.55. The third-order valence-electron chi connectivity index (χ3n) is 4.64. The van der Waals surface area contributed by atoms with Crippen LogP contribution in [0.4, 0.5) is 0 Å². The SMILES string of the molecule is CC(=O)c1ccc(S(=O)(=O)N2CCN(Cc3ccc(Cl)cc3Cl)CC2)cc1. The summed E-state index contributed by atoms with van der Waals surface area (Å²) in [4.78, 5) is 13.7. The maximum Gasteiger partial charge on any atom is 0.243 e. The van der Waals surface area contributed by atoms with Crippen LogP contribution in [0.3, 0.4) is 0 Å². The molecule has 0 amide bonds. The van der Waals surface area contributed by atoms with Gasteiger partial charge in [0.1, 0.15) is 0 Å². The van der Waals surface area contributed by atoms with Gasteiger partial charge >= 0.3 is 0 Å². The predicted molar refractivity (Wildman–Crippen MR) is 107 cm³/mol. The molecule has 0 unspecified atom stereocenters. The highest BCUT2D eigenvalue weighted by Gasteiger charge is 2.28. The molecule has 3 rings (SSSR count). The summed E-state index contributed by atoms with van der Waals surface area (Å²) in [5.41, 5.74) is 1.47. The maximum absolute atomic E-state index is 12.8. The molecule has 1 fully saturated rings. The van der Waals surface area contributed by atoms with Crippen molar-refractivity contribution in [1.29, 1.82) is 0 Å². The molecule has 1 heterocycles. The van der Waals surface area contributed by atoms with E-state index < -0.39 is 10.0 Å². The summed E-state index contributed by atoms with van der Waals surface area (Å²) in [7, 11) is -3.56. The Balaban J connectivity index is 1.64. The van der Waals surface area contributed by atoms with E-state index in [1.54, 1.807) is 24.3 Å². The van der Waals surface area contributed by atoms with Crippen LogP contribution in [0.25, 0.3) is 0 Å². The molecule has 1 aliphatic heterocycles. The largest absolute Gasteiger partial charge is 0.296 e. The molecule has 1 aliphatic rings. The quantitative estimate of drug-likeness (QED) is 0.683. The number of rotatable bonds is 5. The molecule has 0 atom stereocenters. The molecule has 0 saturated carbocycles. The van der Waals surface area contributed by atoms with Crippen molar-refractivity contribution in [3.05, 3.63) is 63.6 Å². The Kier molecular flexibility index (Phi) is 6.23. The van der Waals surface area contributed by atoms with Gasteiger partial charge in [-0.25, -0.2) is 8.42 Å². The number of benzene rings is 2. The first kappa shape index (κ1) is 20.3. The zero-order chi connectivity index (χ0) is 19.6. The monoisotopic (exact) mass is 426 g/mol. The van der Waals surface area contributed by atoms with E-state index >= 15 is 0 Å². The number of Topliss-reactive ketones (excluding diaryl/α,β-unsaturated/α-hetero) is 1. The molecular formula is C19H20Cl2N2O3S. The van der Waals surface area contributed by atoms with Crippen molar-refractivity contribution in [2.75, 3.05) is 26.2 Å². The van der Waals surface area contributed by atoms with E-state index in [2.05, 4.69) is 4.90 Å². The van der Waals surface area contributed by atoms with Gasteiger partial charge in [-0.3, -0.25) is 9.69 Å². The highest BCUT2D eigenvalue weighted by Crippen LogP contribution is 2.24. The normalized spacial score (nSPS) is 16.4. The fourth-order valence-electron chi connectivity index (χ4n) is 3.03. The molecule has 8 heteroatoms. The number of piperazine rings is 1. The molecule has 0 spiro atoms. The zero-order valence-electron chi connectivity index (χ0n) is 14.9. The van der Waals surface area contributed by atoms with E-state index in [4.69, 9.17) is 23.2 Å². The van der Waals surface area contributed by atoms with Crippen LogP contribution in [0.2, 0.25) is 10.0 Å². The van der Waals surface area contributed by atoms with Crippen LogP contribution in [0.1, 0.15) is 22.8 Å². The van der Waals surface area contributed by atoms with Gasteiger partial charge in [-0.15, -0.1) is 0 Å². The van der Waals surface area contributed by atoms with Crippen molar-refractivity contribution >= 4 is 39.0 Å². The summed E-state index contributed by atoms with van der Waals surface area (Å²) in [6.45, 7) is 4.14. The molecule has 0 radical (unpaired) electrons. The number of halogens is 2. The van der Waals surface area contributed by atoms with Crippen LogP contribution in [-0.2, 0) is 16.6 Å². The minimum absolute atomic E-state index is 0.0894. The van der Waals surface area contributed by atoms with E-state index in [1.165, 1.54) is 23.4 Å².